The maximum atomic E-state index is 5.35. The van der Waals surface area contributed by atoms with Gasteiger partial charge in [0, 0.05) is 43.9 Å². The van der Waals surface area contributed by atoms with E-state index in [2.05, 4.69) is 120 Å². The molecule has 1 heterocycles. The molecule has 0 radical (unpaired) electrons. The van der Waals surface area contributed by atoms with Crippen molar-refractivity contribution in [3.05, 3.63) is 72.3 Å². The summed E-state index contributed by atoms with van der Waals surface area (Å²) >= 11 is 1.87. The molecule has 35 heavy (non-hydrogen) atoms. The van der Waals surface area contributed by atoms with Gasteiger partial charge in [0.05, 0.1) is 0 Å². The summed E-state index contributed by atoms with van der Waals surface area (Å²) in [6.07, 6.45) is 9.39. The van der Waals surface area contributed by atoms with Gasteiger partial charge in [-0.25, -0.2) is 0 Å². The molecule has 0 atom stereocenters. The molecule has 162 valence electrons. The van der Waals surface area contributed by atoms with E-state index in [1.165, 1.54) is 47.3 Å². The molecule has 0 aliphatic heterocycles. The normalized spacial score (nSPS) is 9.69. The fourth-order valence-electron chi connectivity index (χ4n) is 4.06. The van der Waals surface area contributed by atoms with Gasteiger partial charge < -0.3 is 4.74 Å². The average molecular weight is 463 g/mol. The van der Waals surface area contributed by atoms with Gasteiger partial charge >= 0.3 is 0 Å². The smallest absolute Gasteiger partial charge is 0.124 e. The number of terminal acetylenes is 1. The average Bonchev–Trinajstić information content (AvgIpc) is 3.22. The summed E-state index contributed by atoms with van der Waals surface area (Å²) in [5, 5.41) is 7.78. The number of benzene rings is 4. The SMILES string of the molecule is C#CC#CC#CC#CC#COCCCc1ccc2cc3c(cc2c1)sc1cc2ccccc2cc13. The highest BCUT2D eigenvalue weighted by molar-refractivity contribution is 7.26. The molecule has 0 amide bonds. The zero-order valence-electron chi connectivity index (χ0n) is 18.9. The van der Waals surface area contributed by atoms with E-state index in [1.54, 1.807) is 0 Å². The molecule has 0 aliphatic carbocycles. The fourth-order valence-corrected chi connectivity index (χ4v) is 5.23. The standard InChI is InChI=1S/C33H18OS/c1-2-3-4-5-6-7-8-11-18-34-19-12-13-25-16-17-28-22-31-30-21-26-14-9-10-15-27(26)23-32(30)35-33(31)24-29(28)20-25/h1,9-10,14-17,20-24H,12-13,19H2. The quantitative estimate of drug-likeness (QED) is 0.208. The molecule has 5 rings (SSSR count). The number of thiophene rings is 1. The minimum absolute atomic E-state index is 0.551. The molecule has 0 bridgehead atoms. The number of hydrogen-bond donors (Lipinski definition) is 0. The van der Waals surface area contributed by atoms with Crippen LogP contribution in [0.2, 0.25) is 0 Å². The van der Waals surface area contributed by atoms with Gasteiger partial charge in [0.2, 0.25) is 0 Å². The van der Waals surface area contributed by atoms with E-state index in [0.717, 1.165) is 12.8 Å². The highest BCUT2D eigenvalue weighted by Gasteiger charge is 2.08. The molecular formula is C33H18OS. The molecule has 0 aliphatic rings. The van der Waals surface area contributed by atoms with Gasteiger partial charge in [0.15, 0.2) is 0 Å². The van der Waals surface area contributed by atoms with Crippen molar-refractivity contribution in [2.45, 2.75) is 12.8 Å². The van der Waals surface area contributed by atoms with E-state index < -0.39 is 0 Å². The first-order valence-electron chi connectivity index (χ1n) is 11.2. The van der Waals surface area contributed by atoms with E-state index in [-0.39, 0.29) is 0 Å². The third-order valence-corrected chi connectivity index (χ3v) is 6.76. The molecule has 5 aromatic rings. The Kier molecular flexibility index (Phi) is 6.57. The minimum atomic E-state index is 0.551. The van der Waals surface area contributed by atoms with Crippen LogP contribution in [-0.4, -0.2) is 6.61 Å². The Labute approximate surface area is 209 Å². The lowest BCUT2D eigenvalue weighted by molar-refractivity contribution is 0.272. The lowest BCUT2D eigenvalue weighted by Crippen LogP contribution is -1.92. The molecule has 2 heteroatoms. The molecule has 4 aromatic carbocycles. The summed E-state index contributed by atoms with van der Waals surface area (Å²) in [6, 6.07) is 24.6. The Morgan fingerprint density at radius 2 is 1.29 bits per heavy atom. The summed E-state index contributed by atoms with van der Waals surface area (Å²) in [7, 11) is 0. The van der Waals surface area contributed by atoms with Crippen molar-refractivity contribution in [3.63, 3.8) is 0 Å². The van der Waals surface area contributed by atoms with Gasteiger partial charge in [-0.1, -0.05) is 42.5 Å². The molecule has 0 fully saturated rings. The van der Waals surface area contributed by atoms with Crippen LogP contribution in [0.1, 0.15) is 12.0 Å². The van der Waals surface area contributed by atoms with Crippen LogP contribution in [0, 0.1) is 59.9 Å². The van der Waals surface area contributed by atoms with Gasteiger partial charge in [-0.3, -0.25) is 0 Å². The topological polar surface area (TPSA) is 9.23 Å². The Morgan fingerprint density at radius 3 is 2.03 bits per heavy atom. The van der Waals surface area contributed by atoms with E-state index in [0.29, 0.717) is 6.61 Å². The number of hydrogen-bond acceptors (Lipinski definition) is 2. The zero-order valence-corrected chi connectivity index (χ0v) is 19.7. The summed E-state index contributed by atoms with van der Waals surface area (Å²) in [5.74, 6) is 19.9. The van der Waals surface area contributed by atoms with Crippen LogP contribution in [0.4, 0.5) is 0 Å². The molecule has 1 nitrogen and oxygen atoms in total. The van der Waals surface area contributed by atoms with E-state index in [4.69, 9.17) is 11.2 Å². The second-order valence-corrected chi connectivity index (χ2v) is 8.98. The van der Waals surface area contributed by atoms with Crippen molar-refractivity contribution in [3.8, 4) is 59.9 Å². The highest BCUT2D eigenvalue weighted by Crippen LogP contribution is 2.38. The predicted octanol–water partition coefficient (Wildman–Crippen LogP) is 6.91. The number of rotatable bonds is 4. The first kappa shape index (κ1) is 22.0. The van der Waals surface area contributed by atoms with Crippen LogP contribution in [0.3, 0.4) is 0 Å². The fraction of sp³-hybridized carbons (Fsp3) is 0.0909. The van der Waals surface area contributed by atoms with E-state index in [9.17, 15) is 0 Å². The molecule has 0 unspecified atom stereocenters. The maximum Gasteiger partial charge on any atom is 0.124 e. The van der Waals surface area contributed by atoms with Crippen molar-refractivity contribution in [1.82, 2.24) is 0 Å². The van der Waals surface area contributed by atoms with Gasteiger partial charge in [-0.05, 0) is 87.9 Å². The van der Waals surface area contributed by atoms with Gasteiger partial charge in [0.1, 0.15) is 12.7 Å². The van der Waals surface area contributed by atoms with Crippen LogP contribution in [0.5, 0.6) is 0 Å². The number of aryl methyl sites for hydroxylation is 1. The van der Waals surface area contributed by atoms with Crippen molar-refractivity contribution in [2.75, 3.05) is 6.61 Å². The van der Waals surface area contributed by atoms with Crippen LogP contribution < -0.4 is 0 Å². The summed E-state index contributed by atoms with van der Waals surface area (Å²) in [4.78, 5) is 0. The molecule has 0 spiro atoms. The Morgan fingerprint density at radius 1 is 0.657 bits per heavy atom. The van der Waals surface area contributed by atoms with Crippen LogP contribution >= 0.6 is 11.3 Å². The van der Waals surface area contributed by atoms with Crippen molar-refractivity contribution in [1.29, 1.82) is 0 Å². The van der Waals surface area contributed by atoms with Gasteiger partial charge in [0.25, 0.3) is 0 Å². The molecule has 0 saturated heterocycles. The first-order valence-corrected chi connectivity index (χ1v) is 12.0. The zero-order chi connectivity index (χ0) is 23.9. The lowest BCUT2D eigenvalue weighted by Gasteiger charge is -2.05. The summed E-state index contributed by atoms with van der Waals surface area (Å²) in [6.45, 7) is 0.551. The Hall–Kier alpha value is -4.78. The lowest BCUT2D eigenvalue weighted by atomic mass is 10.0. The number of fused-ring (bicyclic) bond motifs is 5. The monoisotopic (exact) mass is 462 g/mol. The van der Waals surface area contributed by atoms with Crippen molar-refractivity contribution >= 4 is 53.1 Å². The number of ether oxygens (including phenoxy) is 1. The predicted molar refractivity (Wildman–Crippen MR) is 149 cm³/mol. The van der Waals surface area contributed by atoms with Crippen LogP contribution in [0.25, 0.3) is 41.7 Å². The third kappa shape index (κ3) is 5.09. The second kappa shape index (κ2) is 10.4. The summed E-state index contributed by atoms with van der Waals surface area (Å²) in [5.41, 5.74) is 1.29. The Bertz CT molecular complexity index is 1880. The van der Waals surface area contributed by atoms with Crippen molar-refractivity contribution < 1.29 is 4.74 Å². The third-order valence-electron chi connectivity index (χ3n) is 5.64. The molecule has 0 N–H and O–H groups in total. The minimum Gasteiger partial charge on any atom is -0.446 e. The largest absolute Gasteiger partial charge is 0.446 e. The van der Waals surface area contributed by atoms with E-state index >= 15 is 0 Å². The van der Waals surface area contributed by atoms with Crippen LogP contribution in [0.15, 0.2) is 66.7 Å². The second-order valence-electron chi connectivity index (χ2n) is 7.90. The van der Waals surface area contributed by atoms with E-state index in [1.807, 2.05) is 11.3 Å². The molecular weight excluding hydrogens is 444 g/mol. The van der Waals surface area contributed by atoms with Gasteiger partial charge in [-0.2, -0.15) is 0 Å². The molecule has 0 saturated carbocycles. The highest BCUT2D eigenvalue weighted by atomic mass is 32.1. The summed E-state index contributed by atoms with van der Waals surface area (Å²) < 4.78 is 8.01. The maximum absolute atomic E-state index is 5.35. The van der Waals surface area contributed by atoms with Crippen LogP contribution in [-0.2, 0) is 11.2 Å². The van der Waals surface area contributed by atoms with Crippen molar-refractivity contribution in [2.24, 2.45) is 0 Å². The van der Waals surface area contributed by atoms with Gasteiger partial charge in [-0.15, -0.1) is 17.8 Å². The first-order chi connectivity index (χ1) is 17.3. The Balaban J connectivity index is 1.26. The molecule has 1 aromatic heterocycles.